The van der Waals surface area contributed by atoms with E-state index in [0.29, 0.717) is 23.1 Å². The maximum Gasteiger partial charge on any atom is 0.410 e. The monoisotopic (exact) mass is 670 g/mol. The van der Waals surface area contributed by atoms with E-state index in [4.69, 9.17) is 9.47 Å². The zero-order chi connectivity index (χ0) is 33.2. The zero-order valence-electron chi connectivity index (χ0n) is 28.7. The van der Waals surface area contributed by atoms with Crippen LogP contribution in [0.5, 0.6) is 5.75 Å². The van der Waals surface area contributed by atoms with Crippen LogP contribution in [0.4, 0.5) is 10.5 Å². The van der Waals surface area contributed by atoms with Gasteiger partial charge in [0.25, 0.3) is 0 Å². The standard InChI is InChI=1S/C39H50N4O4S/c1-26-19-31(13-18-37(26)46-2)28-9-7-27(8-10-28)22-42(34-6-4-5-30(20-34)32-21-40-43(23-32)33-14-15-33)38(44)29-11-16-35(17-12-29)47-39(45)41-24-36(25-41)48-3/h4-6,13,18-21,23,27-29,33,35-36H,7-12,14-17,22,24-25H2,1-3H3. The van der Waals surface area contributed by atoms with Crippen molar-refractivity contribution in [1.29, 1.82) is 0 Å². The molecule has 3 aliphatic carbocycles. The van der Waals surface area contributed by atoms with Gasteiger partial charge in [-0.2, -0.15) is 16.9 Å². The van der Waals surface area contributed by atoms with Crippen LogP contribution in [0.3, 0.4) is 0 Å². The van der Waals surface area contributed by atoms with Gasteiger partial charge < -0.3 is 19.3 Å². The molecule has 1 saturated heterocycles. The fourth-order valence-corrected chi connectivity index (χ4v) is 8.55. The Kier molecular flexibility index (Phi) is 10.0. The molecule has 4 fully saturated rings. The largest absolute Gasteiger partial charge is 0.496 e. The Balaban J connectivity index is 1.03. The number of likely N-dealkylation sites (tertiary alicyclic amines) is 1. The third-order valence-corrected chi connectivity index (χ3v) is 12.2. The van der Waals surface area contributed by atoms with Crippen LogP contribution in [0, 0.1) is 18.8 Å². The summed E-state index contributed by atoms with van der Waals surface area (Å²) in [6, 6.07) is 15.6. The van der Waals surface area contributed by atoms with Crippen LogP contribution in [-0.2, 0) is 9.53 Å². The molecule has 0 atom stereocenters. The summed E-state index contributed by atoms with van der Waals surface area (Å²) < 4.78 is 13.5. The Labute approximate surface area is 289 Å². The number of carbonyl (C=O) groups is 2. The fourth-order valence-electron chi connectivity index (χ4n) is 7.90. The minimum absolute atomic E-state index is 0.0651. The number of ether oxygens (including phenoxy) is 2. The number of methoxy groups -OCH3 is 1. The van der Waals surface area contributed by atoms with Gasteiger partial charge in [-0.25, -0.2) is 4.79 Å². The summed E-state index contributed by atoms with van der Waals surface area (Å²) in [5.41, 5.74) is 5.75. The average molecular weight is 671 g/mol. The number of rotatable bonds is 10. The average Bonchev–Trinajstić information content (AvgIpc) is 3.82. The predicted molar refractivity (Wildman–Crippen MR) is 192 cm³/mol. The molecule has 2 aromatic carbocycles. The van der Waals surface area contributed by atoms with Crippen molar-refractivity contribution in [2.75, 3.05) is 37.9 Å². The molecule has 0 spiro atoms. The van der Waals surface area contributed by atoms with Gasteiger partial charge in [0.1, 0.15) is 11.9 Å². The first kappa shape index (κ1) is 33.1. The van der Waals surface area contributed by atoms with Gasteiger partial charge in [0, 0.05) is 48.2 Å². The first-order valence-corrected chi connectivity index (χ1v) is 19.3. The van der Waals surface area contributed by atoms with E-state index >= 15 is 0 Å². The summed E-state index contributed by atoms with van der Waals surface area (Å²) in [5.74, 6) is 2.08. The Morgan fingerprint density at radius 2 is 1.71 bits per heavy atom. The molecule has 3 saturated carbocycles. The van der Waals surface area contributed by atoms with Crippen LogP contribution in [0.25, 0.3) is 11.1 Å². The van der Waals surface area contributed by atoms with Gasteiger partial charge in [-0.15, -0.1) is 0 Å². The Morgan fingerprint density at radius 3 is 2.40 bits per heavy atom. The first-order chi connectivity index (χ1) is 23.4. The van der Waals surface area contributed by atoms with Crippen molar-refractivity contribution in [3.05, 3.63) is 66.0 Å². The van der Waals surface area contributed by atoms with Crippen LogP contribution in [0.15, 0.2) is 54.9 Å². The minimum atomic E-state index is -0.195. The quantitative estimate of drug-likeness (QED) is 0.216. The van der Waals surface area contributed by atoms with E-state index in [0.717, 1.165) is 93.6 Å². The number of hydrogen-bond acceptors (Lipinski definition) is 6. The van der Waals surface area contributed by atoms with Crippen LogP contribution in [0.1, 0.15) is 87.3 Å². The second-order valence-electron chi connectivity index (χ2n) is 14.5. The SMILES string of the molecule is COc1ccc(C2CCC(CN(C(=O)C3CCC(OC(=O)N4CC(SC)C4)CC3)c3cccc(-c4cnn(C5CC5)c4)c3)CC2)cc1C. The normalized spacial score (nSPS) is 24.5. The number of aromatic nitrogens is 2. The first-order valence-electron chi connectivity index (χ1n) is 18.0. The molecule has 8 nitrogen and oxygen atoms in total. The molecule has 7 rings (SSSR count). The van der Waals surface area contributed by atoms with Crippen molar-refractivity contribution in [1.82, 2.24) is 14.7 Å². The summed E-state index contributed by atoms with van der Waals surface area (Å²) in [7, 11) is 1.73. The number of anilines is 1. The summed E-state index contributed by atoms with van der Waals surface area (Å²) in [5, 5.41) is 5.14. The van der Waals surface area contributed by atoms with Crippen molar-refractivity contribution in [3.63, 3.8) is 0 Å². The molecular formula is C39H50N4O4S. The highest BCUT2D eigenvalue weighted by Gasteiger charge is 2.36. The summed E-state index contributed by atoms with van der Waals surface area (Å²) in [6.07, 6.45) is 15.7. The molecule has 1 aromatic heterocycles. The number of amides is 2. The Hall–Kier alpha value is -3.46. The highest BCUT2D eigenvalue weighted by Crippen LogP contribution is 2.40. The van der Waals surface area contributed by atoms with Crippen molar-refractivity contribution < 1.29 is 19.1 Å². The third-order valence-electron chi connectivity index (χ3n) is 11.2. The van der Waals surface area contributed by atoms with E-state index in [1.54, 1.807) is 23.8 Å². The smallest absolute Gasteiger partial charge is 0.410 e. The summed E-state index contributed by atoms with van der Waals surface area (Å²) in [6.45, 7) is 4.39. The molecule has 0 N–H and O–H groups in total. The van der Waals surface area contributed by atoms with Crippen molar-refractivity contribution in [2.24, 2.45) is 11.8 Å². The van der Waals surface area contributed by atoms with E-state index < -0.39 is 0 Å². The molecular weight excluding hydrogens is 621 g/mol. The molecule has 2 amide bonds. The summed E-state index contributed by atoms with van der Waals surface area (Å²) in [4.78, 5) is 31.0. The topological polar surface area (TPSA) is 76.9 Å². The van der Waals surface area contributed by atoms with Gasteiger partial charge in [-0.3, -0.25) is 9.48 Å². The second kappa shape index (κ2) is 14.6. The van der Waals surface area contributed by atoms with E-state index in [-0.39, 0.29) is 24.0 Å². The van der Waals surface area contributed by atoms with Gasteiger partial charge in [0.15, 0.2) is 0 Å². The molecule has 9 heteroatoms. The van der Waals surface area contributed by atoms with Gasteiger partial charge in [0.05, 0.1) is 19.3 Å². The van der Waals surface area contributed by atoms with Crippen molar-refractivity contribution in [2.45, 2.75) is 94.4 Å². The maximum atomic E-state index is 14.4. The second-order valence-corrected chi connectivity index (χ2v) is 15.6. The lowest BCUT2D eigenvalue weighted by molar-refractivity contribution is -0.124. The van der Waals surface area contributed by atoms with Crippen LogP contribution in [0.2, 0.25) is 0 Å². The van der Waals surface area contributed by atoms with Gasteiger partial charge in [0.2, 0.25) is 5.91 Å². The summed E-state index contributed by atoms with van der Waals surface area (Å²) >= 11 is 1.80. The Bertz CT molecular complexity index is 1580. The molecule has 2 heterocycles. The molecule has 0 bridgehead atoms. The molecule has 48 heavy (non-hydrogen) atoms. The predicted octanol–water partition coefficient (Wildman–Crippen LogP) is 8.25. The highest BCUT2D eigenvalue weighted by molar-refractivity contribution is 7.99. The van der Waals surface area contributed by atoms with Crippen molar-refractivity contribution in [3.8, 4) is 16.9 Å². The van der Waals surface area contributed by atoms with E-state index in [1.165, 1.54) is 24.0 Å². The minimum Gasteiger partial charge on any atom is -0.496 e. The molecule has 0 unspecified atom stereocenters. The fraction of sp³-hybridized carbons (Fsp3) is 0.564. The molecule has 256 valence electrons. The third kappa shape index (κ3) is 7.41. The maximum absolute atomic E-state index is 14.4. The Morgan fingerprint density at radius 1 is 0.938 bits per heavy atom. The number of thioether (sulfide) groups is 1. The number of benzene rings is 2. The zero-order valence-corrected chi connectivity index (χ0v) is 29.5. The number of carbonyl (C=O) groups excluding carboxylic acids is 2. The van der Waals surface area contributed by atoms with E-state index in [1.807, 2.05) is 6.20 Å². The lowest BCUT2D eigenvalue weighted by Gasteiger charge is -2.39. The number of hydrogen-bond donors (Lipinski definition) is 0. The van der Waals surface area contributed by atoms with Gasteiger partial charge >= 0.3 is 6.09 Å². The lowest BCUT2D eigenvalue weighted by Crippen LogP contribution is -2.53. The number of aryl methyl sites for hydroxylation is 1. The van der Waals surface area contributed by atoms with Crippen LogP contribution < -0.4 is 9.64 Å². The van der Waals surface area contributed by atoms with Gasteiger partial charge in [-0.1, -0.05) is 24.3 Å². The highest BCUT2D eigenvalue weighted by atomic mass is 32.2. The molecule has 1 aliphatic heterocycles. The van der Waals surface area contributed by atoms with Gasteiger partial charge in [-0.05, 0) is 124 Å². The molecule has 4 aliphatic rings. The van der Waals surface area contributed by atoms with E-state index in [9.17, 15) is 9.59 Å². The van der Waals surface area contributed by atoms with Crippen molar-refractivity contribution >= 4 is 29.4 Å². The molecule has 0 radical (unpaired) electrons. The van der Waals surface area contributed by atoms with Crippen LogP contribution >= 0.6 is 11.8 Å². The lowest BCUT2D eigenvalue weighted by atomic mass is 9.78. The molecule has 3 aromatic rings. The number of nitrogens with zero attached hydrogens (tertiary/aromatic N) is 4. The van der Waals surface area contributed by atoms with E-state index in [2.05, 4.69) is 76.5 Å². The van der Waals surface area contributed by atoms with Crippen LogP contribution in [-0.4, -0.2) is 71.0 Å².